The van der Waals surface area contributed by atoms with E-state index in [9.17, 15) is 4.79 Å². The minimum Gasteiger partial charge on any atom is -0.385 e. The first-order chi connectivity index (χ1) is 10.7. The fraction of sp³-hybridized carbons (Fsp3) is 0.611. The molecule has 0 bridgehead atoms. The molecule has 4 heteroatoms. The van der Waals surface area contributed by atoms with E-state index in [1.165, 1.54) is 5.56 Å². The maximum atomic E-state index is 12.5. The Balaban J connectivity index is 2.00. The van der Waals surface area contributed by atoms with Crippen LogP contribution in [0.15, 0.2) is 30.3 Å². The van der Waals surface area contributed by atoms with Crippen LogP contribution < -0.4 is 0 Å². The number of carbonyl (C=O) groups excluding carboxylic acids is 1. The van der Waals surface area contributed by atoms with Crippen molar-refractivity contribution in [3.05, 3.63) is 35.9 Å². The summed E-state index contributed by atoms with van der Waals surface area (Å²) in [6.07, 6.45) is 2.65. The lowest BCUT2D eigenvalue weighted by molar-refractivity contribution is -0.133. The number of methoxy groups -OCH3 is 1. The highest BCUT2D eigenvalue weighted by Gasteiger charge is 2.28. The molecule has 1 heterocycles. The summed E-state index contributed by atoms with van der Waals surface area (Å²) >= 11 is 0. The molecule has 0 N–H and O–H groups in total. The maximum absolute atomic E-state index is 12.5. The van der Waals surface area contributed by atoms with E-state index in [1.54, 1.807) is 7.11 Å². The summed E-state index contributed by atoms with van der Waals surface area (Å²) in [4.78, 5) is 17.0. The summed E-state index contributed by atoms with van der Waals surface area (Å²) in [5.74, 6) is 0.282. The van der Waals surface area contributed by atoms with E-state index in [-0.39, 0.29) is 5.91 Å². The fourth-order valence-electron chi connectivity index (χ4n) is 3.07. The SMILES string of the molecule is CC[C@@H]1CN(CCCOC)CCC(=O)N1Cc1ccccc1. The van der Waals surface area contributed by atoms with Gasteiger partial charge >= 0.3 is 0 Å². The van der Waals surface area contributed by atoms with E-state index in [0.29, 0.717) is 12.5 Å². The van der Waals surface area contributed by atoms with Gasteiger partial charge in [-0.25, -0.2) is 0 Å². The van der Waals surface area contributed by atoms with Crippen molar-refractivity contribution in [2.24, 2.45) is 0 Å². The largest absolute Gasteiger partial charge is 0.385 e. The van der Waals surface area contributed by atoms with Gasteiger partial charge in [0.2, 0.25) is 5.91 Å². The summed E-state index contributed by atoms with van der Waals surface area (Å²) in [6, 6.07) is 10.6. The summed E-state index contributed by atoms with van der Waals surface area (Å²) in [5.41, 5.74) is 1.21. The summed E-state index contributed by atoms with van der Waals surface area (Å²) in [7, 11) is 1.74. The van der Waals surface area contributed by atoms with Crippen molar-refractivity contribution in [1.29, 1.82) is 0 Å². The molecule has 2 rings (SSSR count). The zero-order valence-corrected chi connectivity index (χ0v) is 13.8. The van der Waals surface area contributed by atoms with Crippen LogP contribution in [0.4, 0.5) is 0 Å². The van der Waals surface area contributed by atoms with Gasteiger partial charge in [-0.3, -0.25) is 4.79 Å². The molecule has 0 spiro atoms. The Morgan fingerprint density at radius 2 is 2.05 bits per heavy atom. The van der Waals surface area contributed by atoms with Gasteiger partial charge in [0.15, 0.2) is 0 Å². The van der Waals surface area contributed by atoms with Crippen molar-refractivity contribution >= 4 is 5.91 Å². The van der Waals surface area contributed by atoms with Crippen LogP contribution in [0.3, 0.4) is 0 Å². The molecule has 1 aliphatic rings. The Labute approximate surface area is 134 Å². The molecule has 1 aromatic carbocycles. The van der Waals surface area contributed by atoms with Crippen molar-refractivity contribution in [2.75, 3.05) is 33.4 Å². The Hall–Kier alpha value is -1.39. The van der Waals surface area contributed by atoms with Crippen molar-refractivity contribution in [1.82, 2.24) is 9.80 Å². The molecule has 1 atom stereocenters. The molecule has 22 heavy (non-hydrogen) atoms. The molecule has 0 saturated carbocycles. The zero-order chi connectivity index (χ0) is 15.8. The second-order valence-electron chi connectivity index (χ2n) is 5.97. The lowest BCUT2D eigenvalue weighted by Gasteiger charge is -2.31. The summed E-state index contributed by atoms with van der Waals surface area (Å²) in [6.45, 7) is 6.54. The van der Waals surface area contributed by atoms with E-state index in [2.05, 4.69) is 28.9 Å². The third-order valence-electron chi connectivity index (χ3n) is 4.36. The number of nitrogens with zero attached hydrogens (tertiary/aromatic N) is 2. The predicted molar refractivity (Wildman–Crippen MR) is 88.6 cm³/mol. The standard InChI is InChI=1S/C18H28N2O2/c1-3-17-15-19(11-7-13-22-2)12-10-18(21)20(17)14-16-8-5-4-6-9-16/h4-6,8-9,17H,3,7,10-15H2,1-2H3/t17-/m1/s1. The summed E-state index contributed by atoms with van der Waals surface area (Å²) in [5, 5.41) is 0. The molecule has 4 nitrogen and oxygen atoms in total. The van der Waals surface area contributed by atoms with E-state index < -0.39 is 0 Å². The molecule has 1 saturated heterocycles. The van der Waals surface area contributed by atoms with Gasteiger partial charge in [0.05, 0.1) is 0 Å². The lowest BCUT2D eigenvalue weighted by Crippen LogP contribution is -2.42. The smallest absolute Gasteiger partial charge is 0.224 e. The molecule has 1 amide bonds. The van der Waals surface area contributed by atoms with Crippen LogP contribution in [0.2, 0.25) is 0 Å². The molecule has 0 radical (unpaired) electrons. The Morgan fingerprint density at radius 3 is 2.73 bits per heavy atom. The number of amides is 1. The number of hydrogen-bond acceptors (Lipinski definition) is 3. The van der Waals surface area contributed by atoms with Gasteiger partial charge in [0.1, 0.15) is 0 Å². The maximum Gasteiger partial charge on any atom is 0.224 e. The van der Waals surface area contributed by atoms with Crippen LogP contribution >= 0.6 is 0 Å². The fourth-order valence-corrected chi connectivity index (χ4v) is 3.07. The third-order valence-corrected chi connectivity index (χ3v) is 4.36. The first kappa shape index (κ1) is 17.0. The minimum atomic E-state index is 0.282. The predicted octanol–water partition coefficient (Wildman–Crippen LogP) is 2.54. The average Bonchev–Trinajstić information content (AvgIpc) is 2.69. The van der Waals surface area contributed by atoms with Crippen LogP contribution in [0.5, 0.6) is 0 Å². The summed E-state index contributed by atoms with van der Waals surface area (Å²) < 4.78 is 5.13. The van der Waals surface area contributed by atoms with Gasteiger partial charge in [-0.2, -0.15) is 0 Å². The highest BCUT2D eigenvalue weighted by molar-refractivity contribution is 5.77. The first-order valence-corrected chi connectivity index (χ1v) is 8.29. The average molecular weight is 304 g/mol. The third kappa shape index (κ3) is 4.82. The van der Waals surface area contributed by atoms with Gasteiger partial charge in [-0.15, -0.1) is 0 Å². The molecular weight excluding hydrogens is 276 g/mol. The minimum absolute atomic E-state index is 0.282. The Kier molecular flexibility index (Phi) is 6.87. The number of hydrogen-bond donors (Lipinski definition) is 0. The first-order valence-electron chi connectivity index (χ1n) is 8.29. The van der Waals surface area contributed by atoms with Gasteiger partial charge < -0.3 is 14.5 Å². The molecule has 0 aromatic heterocycles. The van der Waals surface area contributed by atoms with Crippen LogP contribution in [0.1, 0.15) is 31.7 Å². The molecule has 0 aliphatic carbocycles. The van der Waals surface area contributed by atoms with Gasteiger partial charge in [-0.1, -0.05) is 37.3 Å². The normalized spacial score (nSPS) is 20.2. The molecule has 0 unspecified atom stereocenters. The van der Waals surface area contributed by atoms with Gasteiger partial charge in [0.25, 0.3) is 0 Å². The highest BCUT2D eigenvalue weighted by atomic mass is 16.5. The molecule has 1 aromatic rings. The van der Waals surface area contributed by atoms with Crippen molar-refractivity contribution in [2.45, 2.75) is 38.8 Å². The second kappa shape index (κ2) is 8.91. The molecule has 122 valence electrons. The lowest BCUT2D eigenvalue weighted by atomic mass is 10.1. The molecule has 1 fully saturated rings. The monoisotopic (exact) mass is 304 g/mol. The topological polar surface area (TPSA) is 32.8 Å². The number of carbonyl (C=O) groups is 1. The van der Waals surface area contributed by atoms with Gasteiger partial charge in [-0.05, 0) is 18.4 Å². The second-order valence-corrected chi connectivity index (χ2v) is 5.97. The number of benzene rings is 1. The quantitative estimate of drug-likeness (QED) is 0.726. The van der Waals surface area contributed by atoms with E-state index in [1.807, 2.05) is 18.2 Å². The van der Waals surface area contributed by atoms with Crippen LogP contribution in [0.25, 0.3) is 0 Å². The molecular formula is C18H28N2O2. The molecule has 1 aliphatic heterocycles. The van der Waals surface area contributed by atoms with Gasteiger partial charge in [0, 0.05) is 52.4 Å². The Morgan fingerprint density at radius 1 is 1.27 bits per heavy atom. The number of rotatable bonds is 7. The van der Waals surface area contributed by atoms with E-state index in [0.717, 1.165) is 45.6 Å². The van der Waals surface area contributed by atoms with Crippen LogP contribution in [-0.4, -0.2) is 55.1 Å². The van der Waals surface area contributed by atoms with Crippen molar-refractivity contribution in [3.63, 3.8) is 0 Å². The number of ether oxygens (including phenoxy) is 1. The highest BCUT2D eigenvalue weighted by Crippen LogP contribution is 2.17. The van der Waals surface area contributed by atoms with E-state index in [4.69, 9.17) is 4.74 Å². The van der Waals surface area contributed by atoms with Crippen LogP contribution in [0, 0.1) is 0 Å². The Bertz CT molecular complexity index is 450. The van der Waals surface area contributed by atoms with E-state index >= 15 is 0 Å². The van der Waals surface area contributed by atoms with Crippen molar-refractivity contribution < 1.29 is 9.53 Å². The van der Waals surface area contributed by atoms with Crippen LogP contribution in [-0.2, 0) is 16.1 Å². The zero-order valence-electron chi connectivity index (χ0n) is 13.8. The van der Waals surface area contributed by atoms with Crippen molar-refractivity contribution in [3.8, 4) is 0 Å².